The molecule has 0 aliphatic carbocycles. The molecule has 0 aromatic heterocycles. The van der Waals surface area contributed by atoms with E-state index in [2.05, 4.69) is 15.9 Å². The Morgan fingerprint density at radius 2 is 2.30 bits per heavy atom. The molecule has 4 heteroatoms. The predicted octanol–water partition coefficient (Wildman–Crippen LogP) is 3.92. The molecule has 0 saturated carbocycles. The summed E-state index contributed by atoms with van der Waals surface area (Å²) in [5.41, 5.74) is 0.941. The minimum atomic E-state index is 0.246. The van der Waals surface area contributed by atoms with Crippen molar-refractivity contribution in [2.75, 3.05) is 13.7 Å². The van der Waals surface area contributed by atoms with Gasteiger partial charge < -0.3 is 9.47 Å². The smallest absolute Gasteiger partial charge is 0.137 e. The number of hydrogen-bond donors (Lipinski definition) is 0. The highest BCUT2D eigenvalue weighted by Gasteiger charge is 2.16. The number of benzene rings is 1. The molecule has 0 spiro atoms. The number of halogens is 1. The number of hydrogen-bond acceptors (Lipinski definition) is 3. The van der Waals surface area contributed by atoms with Gasteiger partial charge >= 0.3 is 0 Å². The van der Waals surface area contributed by atoms with E-state index in [-0.39, 0.29) is 11.9 Å². The van der Waals surface area contributed by atoms with Crippen molar-refractivity contribution in [1.82, 2.24) is 0 Å². The fraction of sp³-hybridized carbons (Fsp3) is 0.562. The van der Waals surface area contributed by atoms with Gasteiger partial charge in [-0.2, -0.15) is 0 Å². The van der Waals surface area contributed by atoms with Crippen LogP contribution >= 0.6 is 15.9 Å². The van der Waals surface area contributed by atoms with Crippen LogP contribution in [0.3, 0.4) is 0 Å². The molecule has 1 fully saturated rings. The Morgan fingerprint density at radius 1 is 1.45 bits per heavy atom. The van der Waals surface area contributed by atoms with Crippen molar-refractivity contribution in [3.05, 3.63) is 28.2 Å². The molecule has 0 radical (unpaired) electrons. The van der Waals surface area contributed by atoms with Crippen molar-refractivity contribution in [2.24, 2.45) is 0 Å². The van der Waals surface area contributed by atoms with Gasteiger partial charge in [-0.3, -0.25) is 4.79 Å². The number of rotatable bonds is 6. The Hall–Kier alpha value is -0.870. The van der Waals surface area contributed by atoms with E-state index in [0.717, 1.165) is 41.7 Å². The van der Waals surface area contributed by atoms with Gasteiger partial charge in [-0.25, -0.2) is 0 Å². The first-order chi connectivity index (χ1) is 9.69. The predicted molar refractivity (Wildman–Crippen MR) is 82.2 cm³/mol. The van der Waals surface area contributed by atoms with Crippen molar-refractivity contribution in [3.8, 4) is 5.75 Å². The molecule has 20 heavy (non-hydrogen) atoms. The fourth-order valence-corrected chi connectivity index (χ4v) is 2.95. The maximum Gasteiger partial charge on any atom is 0.137 e. The first-order valence-corrected chi connectivity index (χ1v) is 7.94. The Bertz CT molecular complexity index is 453. The van der Waals surface area contributed by atoms with E-state index in [0.29, 0.717) is 12.8 Å². The molecule has 0 N–H and O–H groups in total. The zero-order valence-corrected chi connectivity index (χ0v) is 13.4. The lowest BCUT2D eigenvalue weighted by atomic mass is 10.00. The van der Waals surface area contributed by atoms with Gasteiger partial charge in [-0.05, 0) is 43.9 Å². The van der Waals surface area contributed by atoms with Crippen LogP contribution in [0.2, 0.25) is 0 Å². The summed E-state index contributed by atoms with van der Waals surface area (Å²) in [6.45, 7) is 0.846. The van der Waals surface area contributed by atoms with Crippen LogP contribution in [0.5, 0.6) is 5.75 Å². The average Bonchev–Trinajstić information content (AvgIpc) is 2.46. The summed E-state index contributed by atoms with van der Waals surface area (Å²) in [7, 11) is 1.63. The van der Waals surface area contributed by atoms with Crippen LogP contribution in [0.25, 0.3) is 0 Å². The maximum absolute atomic E-state index is 12.1. The van der Waals surface area contributed by atoms with Crippen molar-refractivity contribution >= 4 is 21.7 Å². The van der Waals surface area contributed by atoms with Crippen LogP contribution in [-0.4, -0.2) is 25.6 Å². The van der Waals surface area contributed by atoms with Crippen molar-refractivity contribution in [2.45, 2.75) is 44.6 Å². The highest BCUT2D eigenvalue weighted by Crippen LogP contribution is 2.24. The van der Waals surface area contributed by atoms with Crippen LogP contribution < -0.4 is 4.74 Å². The van der Waals surface area contributed by atoms with Crippen LogP contribution in [0.15, 0.2) is 22.7 Å². The first kappa shape index (κ1) is 15.5. The Balaban J connectivity index is 1.86. The largest absolute Gasteiger partial charge is 0.496 e. The molecule has 1 atom stereocenters. The van der Waals surface area contributed by atoms with Crippen molar-refractivity contribution in [3.63, 3.8) is 0 Å². The van der Waals surface area contributed by atoms with Gasteiger partial charge in [0.25, 0.3) is 0 Å². The van der Waals surface area contributed by atoms with Crippen LogP contribution in [0, 0.1) is 0 Å². The third-order valence-electron chi connectivity index (χ3n) is 3.65. The minimum Gasteiger partial charge on any atom is -0.496 e. The molecule has 1 aliphatic rings. The number of ether oxygens (including phenoxy) is 2. The summed E-state index contributed by atoms with van der Waals surface area (Å²) in [6, 6.07) is 5.76. The first-order valence-electron chi connectivity index (χ1n) is 7.15. The molecule has 3 nitrogen and oxygen atoms in total. The summed E-state index contributed by atoms with van der Waals surface area (Å²) < 4.78 is 11.9. The topological polar surface area (TPSA) is 35.5 Å². The van der Waals surface area contributed by atoms with Gasteiger partial charge in [0.2, 0.25) is 0 Å². The van der Waals surface area contributed by atoms with E-state index in [1.807, 2.05) is 18.2 Å². The molecule has 0 amide bonds. The van der Waals surface area contributed by atoms with Gasteiger partial charge in [-0.1, -0.05) is 15.9 Å². The minimum absolute atomic E-state index is 0.246. The summed E-state index contributed by atoms with van der Waals surface area (Å²) in [4.78, 5) is 12.1. The van der Waals surface area contributed by atoms with E-state index < -0.39 is 0 Å². The van der Waals surface area contributed by atoms with E-state index in [9.17, 15) is 4.79 Å². The number of Topliss-reactive ketones (excluding diaryl/α,β-unsaturated/α-hetero) is 1. The average molecular weight is 341 g/mol. The summed E-state index contributed by atoms with van der Waals surface area (Å²) in [5, 5.41) is 0. The summed E-state index contributed by atoms with van der Waals surface area (Å²) >= 11 is 3.43. The Morgan fingerprint density at radius 3 is 3.00 bits per heavy atom. The summed E-state index contributed by atoms with van der Waals surface area (Å²) in [5.74, 6) is 1.02. The normalized spacial score (nSPS) is 18.8. The second kappa shape index (κ2) is 7.79. The molecule has 1 unspecified atom stereocenters. The fourth-order valence-electron chi connectivity index (χ4n) is 2.54. The highest BCUT2D eigenvalue weighted by atomic mass is 79.9. The third kappa shape index (κ3) is 4.60. The van der Waals surface area contributed by atoms with Gasteiger partial charge in [0.1, 0.15) is 11.5 Å². The number of carbonyl (C=O) groups excluding carboxylic acids is 1. The zero-order chi connectivity index (χ0) is 14.4. The van der Waals surface area contributed by atoms with Gasteiger partial charge in [0.05, 0.1) is 13.2 Å². The number of carbonyl (C=O) groups is 1. The van der Waals surface area contributed by atoms with E-state index in [1.165, 1.54) is 6.42 Å². The zero-order valence-electron chi connectivity index (χ0n) is 11.9. The lowest BCUT2D eigenvalue weighted by molar-refractivity contribution is -0.119. The molecule has 110 valence electrons. The maximum atomic E-state index is 12.1. The SMILES string of the molecule is COc1ccc(Br)cc1CC(=O)CCC1CCCCO1. The van der Waals surface area contributed by atoms with Crippen LogP contribution in [0.1, 0.15) is 37.7 Å². The third-order valence-corrected chi connectivity index (χ3v) is 4.14. The number of ketones is 1. The summed E-state index contributed by atoms with van der Waals surface area (Å²) in [6.07, 6.45) is 5.59. The molecule has 0 bridgehead atoms. The lowest BCUT2D eigenvalue weighted by Gasteiger charge is -2.22. The second-order valence-electron chi connectivity index (χ2n) is 5.20. The molecule has 1 aromatic carbocycles. The Kier molecular flexibility index (Phi) is 6.05. The molecule has 1 saturated heterocycles. The monoisotopic (exact) mass is 340 g/mol. The number of methoxy groups -OCH3 is 1. The highest BCUT2D eigenvalue weighted by molar-refractivity contribution is 9.10. The molecule has 1 heterocycles. The van der Waals surface area contributed by atoms with Crippen LogP contribution in [-0.2, 0) is 16.0 Å². The van der Waals surface area contributed by atoms with Crippen molar-refractivity contribution < 1.29 is 14.3 Å². The van der Waals surface area contributed by atoms with E-state index in [1.54, 1.807) is 7.11 Å². The molecular formula is C16H21BrO3. The molecular weight excluding hydrogens is 320 g/mol. The second-order valence-corrected chi connectivity index (χ2v) is 6.11. The van der Waals surface area contributed by atoms with Gasteiger partial charge in [-0.15, -0.1) is 0 Å². The molecule has 1 aliphatic heterocycles. The van der Waals surface area contributed by atoms with E-state index >= 15 is 0 Å². The molecule has 2 rings (SSSR count). The van der Waals surface area contributed by atoms with Gasteiger partial charge in [0.15, 0.2) is 0 Å². The Labute approximate surface area is 128 Å². The quantitative estimate of drug-likeness (QED) is 0.787. The standard InChI is InChI=1S/C16H21BrO3/c1-19-16-8-5-13(17)10-12(16)11-14(18)6-7-15-4-2-3-9-20-15/h5,8,10,15H,2-4,6-7,9,11H2,1H3. The van der Waals surface area contributed by atoms with Crippen molar-refractivity contribution in [1.29, 1.82) is 0 Å². The van der Waals surface area contributed by atoms with Gasteiger partial charge in [0, 0.05) is 29.5 Å². The molecule has 1 aromatic rings. The van der Waals surface area contributed by atoms with Crippen LogP contribution in [0.4, 0.5) is 0 Å². The van der Waals surface area contributed by atoms with E-state index in [4.69, 9.17) is 9.47 Å². The lowest BCUT2D eigenvalue weighted by Crippen LogP contribution is -2.20.